The third kappa shape index (κ3) is 4.25. The maximum atomic E-state index is 14.0. The molecule has 0 radical (unpaired) electrons. The van der Waals surface area contributed by atoms with Crippen LogP contribution < -0.4 is 19.5 Å². The molecule has 1 aliphatic heterocycles. The maximum absolute atomic E-state index is 14.0. The Hall–Kier alpha value is -3.90. The normalized spacial score (nSPS) is 12.7. The van der Waals surface area contributed by atoms with Gasteiger partial charge in [0.2, 0.25) is 6.79 Å². The number of alkyl halides is 3. The van der Waals surface area contributed by atoms with Gasteiger partial charge in [0.05, 0.1) is 0 Å². The second-order valence-corrected chi connectivity index (χ2v) is 6.53. The summed E-state index contributed by atoms with van der Waals surface area (Å²) < 4.78 is 114. The Morgan fingerprint density at radius 1 is 0.939 bits per heavy atom. The molecule has 0 bridgehead atoms. The van der Waals surface area contributed by atoms with Crippen LogP contribution >= 0.6 is 0 Å². The average molecular weight is 477 g/mol. The van der Waals surface area contributed by atoms with E-state index in [-0.39, 0.29) is 19.2 Å². The topological polar surface area (TPSA) is 69.9 Å². The highest BCUT2D eigenvalue weighted by molar-refractivity contribution is 6.02. The Balaban J connectivity index is 1.48. The number of anilines is 1. The zero-order valence-corrected chi connectivity index (χ0v) is 16.0. The van der Waals surface area contributed by atoms with Gasteiger partial charge >= 0.3 is 6.18 Å². The van der Waals surface area contributed by atoms with Crippen LogP contribution in [0.25, 0.3) is 0 Å². The van der Waals surface area contributed by atoms with Crippen LogP contribution in [0.5, 0.6) is 17.2 Å². The number of hydrogen-bond acceptors (Lipinski definition) is 5. The number of halogens is 7. The van der Waals surface area contributed by atoms with E-state index in [4.69, 9.17) is 18.6 Å². The Kier molecular flexibility index (Phi) is 5.56. The third-order valence-corrected chi connectivity index (χ3v) is 4.40. The van der Waals surface area contributed by atoms with Gasteiger partial charge in [-0.3, -0.25) is 4.79 Å². The first-order valence-corrected chi connectivity index (χ1v) is 8.92. The average Bonchev–Trinajstić information content (AvgIpc) is 3.42. The molecule has 1 amide bonds. The van der Waals surface area contributed by atoms with E-state index in [0.29, 0.717) is 17.2 Å². The molecule has 174 valence electrons. The van der Waals surface area contributed by atoms with Gasteiger partial charge in [0.25, 0.3) is 5.91 Å². The molecule has 0 spiro atoms. The number of ether oxygens (including phenoxy) is 3. The monoisotopic (exact) mass is 477 g/mol. The summed E-state index contributed by atoms with van der Waals surface area (Å²) in [4.78, 5) is 12.2. The van der Waals surface area contributed by atoms with Crippen molar-refractivity contribution in [3.05, 3.63) is 70.7 Å². The quantitative estimate of drug-likeness (QED) is 0.393. The summed E-state index contributed by atoms with van der Waals surface area (Å²) >= 11 is 0. The molecule has 1 aromatic heterocycles. The lowest BCUT2D eigenvalue weighted by molar-refractivity contribution is -0.143. The fraction of sp³-hybridized carbons (Fsp3) is 0.150. The number of benzene rings is 2. The van der Waals surface area contributed by atoms with Crippen molar-refractivity contribution in [2.24, 2.45) is 0 Å². The van der Waals surface area contributed by atoms with E-state index in [1.54, 1.807) is 12.1 Å². The summed E-state index contributed by atoms with van der Waals surface area (Å²) in [6, 6.07) is 7.04. The van der Waals surface area contributed by atoms with Gasteiger partial charge in [0, 0.05) is 6.07 Å². The molecule has 1 N–H and O–H groups in total. The largest absolute Gasteiger partial charge is 0.486 e. The molecule has 0 fully saturated rings. The van der Waals surface area contributed by atoms with Crippen LogP contribution in [0.3, 0.4) is 0 Å². The zero-order valence-electron chi connectivity index (χ0n) is 16.0. The van der Waals surface area contributed by atoms with E-state index in [9.17, 15) is 35.5 Å². The van der Waals surface area contributed by atoms with Crippen molar-refractivity contribution in [3.8, 4) is 17.2 Å². The van der Waals surface area contributed by atoms with Crippen LogP contribution in [0, 0.1) is 23.3 Å². The van der Waals surface area contributed by atoms with Crippen LogP contribution in [0.1, 0.15) is 21.9 Å². The molecule has 0 atom stereocenters. The number of amides is 1. The Bertz CT molecular complexity index is 1210. The van der Waals surface area contributed by atoms with Crippen LogP contribution in [0.2, 0.25) is 0 Å². The lowest BCUT2D eigenvalue weighted by Crippen LogP contribution is -2.20. The number of carbonyl (C=O) groups excluding carboxylic acids is 1. The smallest absolute Gasteiger partial charge is 0.422 e. The second-order valence-electron chi connectivity index (χ2n) is 6.53. The van der Waals surface area contributed by atoms with Gasteiger partial charge in [0.15, 0.2) is 40.5 Å². The molecule has 33 heavy (non-hydrogen) atoms. The van der Waals surface area contributed by atoms with Gasteiger partial charge in [-0.25, -0.2) is 17.6 Å². The van der Waals surface area contributed by atoms with Crippen LogP contribution in [0.4, 0.5) is 36.4 Å². The summed E-state index contributed by atoms with van der Waals surface area (Å²) in [6.45, 7) is -0.136. The summed E-state index contributed by atoms with van der Waals surface area (Å²) in [5.74, 6) is -10.8. The molecule has 0 saturated heterocycles. The summed E-state index contributed by atoms with van der Waals surface area (Å²) in [6.07, 6.45) is -5.70. The van der Waals surface area contributed by atoms with Crippen molar-refractivity contribution in [3.63, 3.8) is 0 Å². The fourth-order valence-electron chi connectivity index (χ4n) is 2.86. The molecule has 0 saturated carbocycles. The lowest BCUT2D eigenvalue weighted by atomic mass is 10.1. The van der Waals surface area contributed by atoms with Crippen LogP contribution in [-0.4, -0.2) is 12.7 Å². The second kappa shape index (κ2) is 8.22. The number of rotatable bonds is 5. The fourth-order valence-corrected chi connectivity index (χ4v) is 2.86. The van der Waals surface area contributed by atoms with Crippen molar-refractivity contribution in [2.45, 2.75) is 12.8 Å². The Morgan fingerprint density at radius 3 is 2.27 bits per heavy atom. The number of furan rings is 1. The Labute approximate surface area is 179 Å². The van der Waals surface area contributed by atoms with E-state index < -0.39 is 52.4 Å². The molecular weight excluding hydrogens is 467 g/mol. The minimum atomic E-state index is -5.70. The number of hydrogen-bond donors (Lipinski definition) is 1. The summed E-state index contributed by atoms with van der Waals surface area (Å²) in [5.41, 5.74) is -4.49. The van der Waals surface area contributed by atoms with Gasteiger partial charge in [-0.05, 0) is 24.3 Å². The SMILES string of the molecule is O=C(Nc1c(F)c(F)c(C(F)(F)F)c(F)c1F)c1ccc(COc2ccc3c(c2)OCO3)o1. The molecule has 0 unspecified atom stereocenters. The Morgan fingerprint density at radius 2 is 1.61 bits per heavy atom. The zero-order chi connectivity index (χ0) is 23.9. The molecule has 3 aromatic rings. The minimum Gasteiger partial charge on any atom is -0.486 e. The first-order valence-electron chi connectivity index (χ1n) is 8.92. The molecule has 2 heterocycles. The van der Waals surface area contributed by atoms with Crippen LogP contribution in [0.15, 0.2) is 34.7 Å². The molecule has 4 rings (SSSR count). The van der Waals surface area contributed by atoms with Gasteiger partial charge in [-0.2, -0.15) is 13.2 Å². The first kappa shape index (κ1) is 22.3. The molecule has 0 aliphatic carbocycles. The van der Waals surface area contributed by atoms with E-state index in [1.165, 1.54) is 17.4 Å². The molecule has 2 aromatic carbocycles. The number of nitrogens with one attached hydrogen (secondary N) is 1. The van der Waals surface area contributed by atoms with E-state index in [1.807, 2.05) is 0 Å². The van der Waals surface area contributed by atoms with Crippen molar-refractivity contribution in [1.29, 1.82) is 0 Å². The summed E-state index contributed by atoms with van der Waals surface area (Å²) in [7, 11) is 0. The van der Waals surface area contributed by atoms with Crippen molar-refractivity contribution in [2.75, 3.05) is 12.1 Å². The predicted molar refractivity (Wildman–Crippen MR) is 94.8 cm³/mol. The predicted octanol–water partition coefficient (Wildman–Crippen LogP) is 5.41. The molecule has 13 heteroatoms. The van der Waals surface area contributed by atoms with Crippen LogP contribution in [-0.2, 0) is 12.8 Å². The van der Waals surface area contributed by atoms with E-state index in [0.717, 1.165) is 6.07 Å². The first-order chi connectivity index (χ1) is 15.6. The minimum absolute atomic E-state index is 0.0589. The highest BCUT2D eigenvalue weighted by Gasteiger charge is 2.42. The van der Waals surface area contributed by atoms with Gasteiger partial charge in [-0.15, -0.1) is 0 Å². The molecular formula is C20H10F7NO5. The summed E-state index contributed by atoms with van der Waals surface area (Å²) in [5, 5.41) is 1.47. The number of fused-ring (bicyclic) bond motifs is 1. The van der Waals surface area contributed by atoms with E-state index in [2.05, 4.69) is 0 Å². The van der Waals surface area contributed by atoms with Gasteiger partial charge < -0.3 is 23.9 Å². The van der Waals surface area contributed by atoms with Gasteiger partial charge in [0.1, 0.15) is 29.4 Å². The molecule has 6 nitrogen and oxygen atoms in total. The van der Waals surface area contributed by atoms with Crippen molar-refractivity contribution >= 4 is 11.6 Å². The highest BCUT2D eigenvalue weighted by atomic mass is 19.4. The standard InChI is InChI=1S/C20H10F7NO5/c21-14-13(20(25,26)27)15(22)17(24)18(16(14)23)28-19(29)11-4-2-9(33-11)6-30-8-1-3-10-12(5-8)32-7-31-10/h1-5H,6-7H2,(H,28,29). The van der Waals surface area contributed by atoms with Crippen molar-refractivity contribution < 1.29 is 54.2 Å². The lowest BCUT2D eigenvalue weighted by Gasteiger charge is -2.14. The third-order valence-electron chi connectivity index (χ3n) is 4.40. The maximum Gasteiger partial charge on any atom is 0.422 e. The van der Waals surface area contributed by atoms with Gasteiger partial charge in [-0.1, -0.05) is 0 Å². The molecule has 1 aliphatic rings. The van der Waals surface area contributed by atoms with E-state index >= 15 is 0 Å². The highest BCUT2D eigenvalue weighted by Crippen LogP contribution is 2.39. The van der Waals surface area contributed by atoms with Crippen molar-refractivity contribution in [1.82, 2.24) is 0 Å². The number of carbonyl (C=O) groups is 1.